The van der Waals surface area contributed by atoms with Crippen molar-refractivity contribution in [1.29, 1.82) is 0 Å². The molecule has 0 aliphatic heterocycles. The van der Waals surface area contributed by atoms with Crippen LogP contribution in [0.25, 0.3) is 28.3 Å². The standard InChI is InChI=1S/C26H26N8/c1-16-4-3-5-22(31-16)26-25(18-7-9-24-29-15-30-34(24)14-18)32-23(33-26)13-28-20-8-6-17-10-21(27-2)12-19(17)11-20/h3-9,11,14-15,21,27-28H,10,12-13H2,1-2H3,(H,32,33). The summed E-state index contributed by atoms with van der Waals surface area (Å²) >= 11 is 0. The fraction of sp³-hybridized carbons (Fsp3) is 0.231. The van der Waals surface area contributed by atoms with Crippen molar-refractivity contribution >= 4 is 11.3 Å². The van der Waals surface area contributed by atoms with Gasteiger partial charge in [-0.1, -0.05) is 12.1 Å². The first kappa shape index (κ1) is 20.6. The fourth-order valence-corrected chi connectivity index (χ4v) is 4.66. The van der Waals surface area contributed by atoms with Gasteiger partial charge in [-0.05, 0) is 74.3 Å². The van der Waals surface area contributed by atoms with Crippen LogP contribution in [0.4, 0.5) is 5.69 Å². The lowest BCUT2D eigenvalue weighted by atomic mass is 10.1. The number of benzene rings is 1. The molecule has 5 aromatic rings. The second kappa shape index (κ2) is 8.39. The Kier molecular flexibility index (Phi) is 5.07. The third kappa shape index (κ3) is 3.82. The summed E-state index contributed by atoms with van der Waals surface area (Å²) < 4.78 is 1.77. The van der Waals surface area contributed by atoms with E-state index in [1.807, 2.05) is 50.5 Å². The van der Waals surface area contributed by atoms with E-state index in [0.717, 1.165) is 58.3 Å². The quantitative estimate of drug-likeness (QED) is 0.364. The maximum atomic E-state index is 4.94. The van der Waals surface area contributed by atoms with E-state index in [1.165, 1.54) is 11.1 Å². The molecule has 1 unspecified atom stereocenters. The normalized spacial score (nSPS) is 15.1. The number of hydrogen-bond acceptors (Lipinski definition) is 6. The third-order valence-corrected chi connectivity index (χ3v) is 6.45. The highest BCUT2D eigenvalue weighted by Gasteiger charge is 2.20. The van der Waals surface area contributed by atoms with Crippen molar-refractivity contribution in [2.24, 2.45) is 0 Å². The van der Waals surface area contributed by atoms with E-state index in [2.05, 4.69) is 43.9 Å². The Labute approximate surface area is 197 Å². The van der Waals surface area contributed by atoms with Crippen LogP contribution in [0.5, 0.6) is 0 Å². The molecule has 0 fully saturated rings. The number of aromatic nitrogens is 6. The molecule has 4 heterocycles. The molecule has 3 N–H and O–H groups in total. The zero-order valence-electron chi connectivity index (χ0n) is 19.2. The van der Waals surface area contributed by atoms with Gasteiger partial charge in [-0.15, -0.1) is 0 Å². The third-order valence-electron chi connectivity index (χ3n) is 6.45. The van der Waals surface area contributed by atoms with E-state index in [4.69, 9.17) is 9.97 Å². The maximum Gasteiger partial charge on any atom is 0.155 e. The minimum atomic E-state index is 0.532. The van der Waals surface area contributed by atoms with Crippen molar-refractivity contribution < 1.29 is 0 Å². The fourth-order valence-electron chi connectivity index (χ4n) is 4.66. The number of aromatic amines is 1. The van der Waals surface area contributed by atoms with E-state index in [9.17, 15) is 0 Å². The number of rotatable bonds is 6. The lowest BCUT2D eigenvalue weighted by Crippen LogP contribution is -2.24. The summed E-state index contributed by atoms with van der Waals surface area (Å²) in [5.41, 5.74) is 9.26. The van der Waals surface area contributed by atoms with Crippen molar-refractivity contribution in [2.45, 2.75) is 32.4 Å². The number of fused-ring (bicyclic) bond motifs is 2. The monoisotopic (exact) mass is 450 g/mol. The SMILES string of the molecule is CNC1Cc2ccc(NCc3nc(-c4cccc(C)n4)c(-c4ccc5ncnn5c4)[nH]3)cc2C1. The smallest absolute Gasteiger partial charge is 0.155 e. The van der Waals surface area contributed by atoms with Crippen LogP contribution in [0.15, 0.2) is 61.1 Å². The largest absolute Gasteiger partial charge is 0.378 e. The molecule has 8 nitrogen and oxygen atoms in total. The highest BCUT2D eigenvalue weighted by Crippen LogP contribution is 2.30. The minimum Gasteiger partial charge on any atom is -0.378 e. The Bertz CT molecular complexity index is 1480. The number of anilines is 1. The van der Waals surface area contributed by atoms with Crippen molar-refractivity contribution in [2.75, 3.05) is 12.4 Å². The van der Waals surface area contributed by atoms with Crippen LogP contribution in [0.1, 0.15) is 22.6 Å². The highest BCUT2D eigenvalue weighted by molar-refractivity contribution is 5.77. The summed E-state index contributed by atoms with van der Waals surface area (Å²) in [5, 5.41) is 11.2. The van der Waals surface area contributed by atoms with Crippen molar-refractivity contribution in [1.82, 2.24) is 34.9 Å². The summed E-state index contributed by atoms with van der Waals surface area (Å²) in [6, 6.07) is 17.2. The molecule has 4 aromatic heterocycles. The van der Waals surface area contributed by atoms with E-state index in [0.29, 0.717) is 12.6 Å². The number of imidazole rings is 1. The minimum absolute atomic E-state index is 0.532. The van der Waals surface area contributed by atoms with Gasteiger partial charge in [0.2, 0.25) is 0 Å². The molecule has 0 spiro atoms. The summed E-state index contributed by atoms with van der Waals surface area (Å²) in [5.74, 6) is 0.848. The molecule has 1 atom stereocenters. The van der Waals surface area contributed by atoms with Crippen LogP contribution in [-0.4, -0.2) is 42.6 Å². The molecule has 1 aliphatic rings. The van der Waals surface area contributed by atoms with Crippen LogP contribution >= 0.6 is 0 Å². The lowest BCUT2D eigenvalue weighted by molar-refractivity contribution is 0.593. The summed E-state index contributed by atoms with van der Waals surface area (Å²) in [7, 11) is 2.03. The number of hydrogen-bond donors (Lipinski definition) is 3. The lowest BCUT2D eigenvalue weighted by Gasteiger charge is -2.07. The van der Waals surface area contributed by atoms with Gasteiger partial charge < -0.3 is 15.6 Å². The molecule has 1 aliphatic carbocycles. The summed E-state index contributed by atoms with van der Waals surface area (Å²) in [4.78, 5) is 17.4. The molecular formula is C26H26N8. The van der Waals surface area contributed by atoms with Gasteiger partial charge in [0.1, 0.15) is 17.8 Å². The Morgan fingerprint density at radius 2 is 1.97 bits per heavy atom. The predicted molar refractivity (Wildman–Crippen MR) is 133 cm³/mol. The van der Waals surface area contributed by atoms with Crippen LogP contribution in [0.2, 0.25) is 0 Å². The van der Waals surface area contributed by atoms with Crippen LogP contribution in [0.3, 0.4) is 0 Å². The van der Waals surface area contributed by atoms with E-state index in [-0.39, 0.29) is 0 Å². The van der Waals surface area contributed by atoms with Gasteiger partial charge in [-0.25, -0.2) is 14.5 Å². The summed E-state index contributed by atoms with van der Waals surface area (Å²) in [6.45, 7) is 2.57. The molecule has 8 heteroatoms. The Morgan fingerprint density at radius 1 is 1.06 bits per heavy atom. The Hall–Kier alpha value is -4.04. The first-order valence-corrected chi connectivity index (χ1v) is 11.5. The van der Waals surface area contributed by atoms with Gasteiger partial charge >= 0.3 is 0 Å². The Morgan fingerprint density at radius 3 is 2.85 bits per heavy atom. The van der Waals surface area contributed by atoms with Crippen molar-refractivity contribution in [3.8, 4) is 22.6 Å². The molecule has 0 amide bonds. The molecule has 0 radical (unpaired) electrons. The van der Waals surface area contributed by atoms with E-state index >= 15 is 0 Å². The molecule has 0 bridgehead atoms. The van der Waals surface area contributed by atoms with Crippen LogP contribution < -0.4 is 10.6 Å². The van der Waals surface area contributed by atoms with Gasteiger partial charge in [0.15, 0.2) is 5.65 Å². The van der Waals surface area contributed by atoms with Gasteiger partial charge in [-0.2, -0.15) is 5.10 Å². The molecule has 34 heavy (non-hydrogen) atoms. The second-order valence-electron chi connectivity index (χ2n) is 8.78. The number of nitrogens with one attached hydrogen (secondary N) is 3. The second-order valence-corrected chi connectivity index (χ2v) is 8.78. The summed E-state index contributed by atoms with van der Waals surface area (Å²) in [6.07, 6.45) is 5.68. The van der Waals surface area contributed by atoms with E-state index < -0.39 is 0 Å². The van der Waals surface area contributed by atoms with Gasteiger partial charge in [-0.3, -0.25) is 4.98 Å². The topological polar surface area (TPSA) is 95.8 Å². The number of pyridine rings is 2. The van der Waals surface area contributed by atoms with Crippen molar-refractivity contribution in [3.63, 3.8) is 0 Å². The predicted octanol–water partition coefficient (Wildman–Crippen LogP) is 3.79. The van der Waals surface area contributed by atoms with E-state index in [1.54, 1.807) is 10.8 Å². The molecule has 1 aromatic carbocycles. The zero-order valence-corrected chi connectivity index (χ0v) is 19.2. The first-order valence-electron chi connectivity index (χ1n) is 11.5. The molecular weight excluding hydrogens is 424 g/mol. The zero-order chi connectivity index (χ0) is 23.1. The van der Waals surface area contributed by atoms with Crippen LogP contribution in [-0.2, 0) is 19.4 Å². The average Bonchev–Trinajstić information content (AvgIpc) is 3.59. The number of aryl methyl sites for hydroxylation is 1. The molecule has 170 valence electrons. The van der Waals surface area contributed by atoms with Gasteiger partial charge in [0, 0.05) is 29.2 Å². The van der Waals surface area contributed by atoms with Crippen molar-refractivity contribution in [3.05, 3.63) is 83.7 Å². The number of likely N-dealkylation sites (N-methyl/N-ethyl adjacent to an activating group) is 1. The molecule has 6 rings (SSSR count). The molecule has 0 saturated carbocycles. The van der Waals surface area contributed by atoms with Crippen LogP contribution in [0, 0.1) is 6.92 Å². The highest BCUT2D eigenvalue weighted by atomic mass is 15.3. The molecule has 0 saturated heterocycles. The van der Waals surface area contributed by atoms with Gasteiger partial charge in [0.25, 0.3) is 0 Å². The first-order chi connectivity index (χ1) is 16.7. The maximum absolute atomic E-state index is 4.94. The Balaban J connectivity index is 1.32. The number of H-pyrrole nitrogens is 1. The average molecular weight is 451 g/mol. The number of nitrogens with zero attached hydrogens (tertiary/aromatic N) is 5. The van der Waals surface area contributed by atoms with Gasteiger partial charge in [0.05, 0.1) is 17.9 Å².